The second-order valence-electron chi connectivity index (χ2n) is 8.93. The van der Waals surface area contributed by atoms with Crippen molar-refractivity contribution in [2.75, 3.05) is 0 Å². The number of hydrogen-bond acceptors (Lipinski definition) is 0. The third kappa shape index (κ3) is 5.86. The van der Waals surface area contributed by atoms with Crippen LogP contribution in [0.3, 0.4) is 0 Å². The first-order valence-corrected chi connectivity index (χ1v) is 11.7. The molecule has 1 atom stereocenters. The summed E-state index contributed by atoms with van der Waals surface area (Å²) in [5.41, 5.74) is 4.54. The Bertz CT molecular complexity index is 999. The highest BCUT2D eigenvalue weighted by Crippen LogP contribution is 2.39. The second kappa shape index (κ2) is 10.3. The van der Waals surface area contributed by atoms with Crippen LogP contribution in [0.5, 0.6) is 0 Å². The second-order valence-corrected chi connectivity index (χ2v) is 9.37. The van der Waals surface area contributed by atoms with Crippen molar-refractivity contribution in [2.45, 2.75) is 50.9 Å². The maximum absolute atomic E-state index is 13.9. The molecule has 4 rings (SSSR count). The van der Waals surface area contributed by atoms with Gasteiger partial charge in [-0.1, -0.05) is 91.3 Å². The molecule has 1 aliphatic carbocycles. The minimum absolute atomic E-state index is 0.293. The highest BCUT2D eigenvalue weighted by atomic mass is 35.5. The molecule has 160 valence electrons. The molecule has 2 heteroatoms. The van der Waals surface area contributed by atoms with E-state index >= 15 is 0 Å². The van der Waals surface area contributed by atoms with Crippen LogP contribution in [-0.2, 0) is 0 Å². The van der Waals surface area contributed by atoms with Crippen LogP contribution in [0.1, 0.15) is 73.1 Å². The van der Waals surface area contributed by atoms with Gasteiger partial charge in [-0.05, 0) is 78.7 Å². The summed E-state index contributed by atoms with van der Waals surface area (Å²) in [6.07, 6.45) is 10.2. The fourth-order valence-electron chi connectivity index (χ4n) is 4.85. The predicted octanol–water partition coefficient (Wildman–Crippen LogP) is 9.12. The fourth-order valence-corrected chi connectivity index (χ4v) is 5.01. The lowest BCUT2D eigenvalue weighted by Crippen LogP contribution is -2.15. The van der Waals surface area contributed by atoms with E-state index in [1.807, 2.05) is 6.08 Å². The Balaban J connectivity index is 1.30. The molecule has 0 heterocycles. The van der Waals surface area contributed by atoms with Crippen molar-refractivity contribution >= 4 is 23.8 Å². The van der Waals surface area contributed by atoms with Crippen molar-refractivity contribution in [3.63, 3.8) is 0 Å². The third-order valence-corrected chi connectivity index (χ3v) is 6.96. The van der Waals surface area contributed by atoms with E-state index in [1.165, 1.54) is 49.3 Å². The Morgan fingerprint density at radius 3 is 2.29 bits per heavy atom. The molecule has 0 aliphatic heterocycles. The maximum atomic E-state index is 13.9. The molecule has 1 unspecified atom stereocenters. The minimum Gasteiger partial charge on any atom is -0.206 e. The zero-order valence-electron chi connectivity index (χ0n) is 18.1. The van der Waals surface area contributed by atoms with Crippen LogP contribution in [-0.4, -0.2) is 0 Å². The fraction of sp³-hybridized carbons (Fsp3) is 0.310. The van der Waals surface area contributed by atoms with E-state index < -0.39 is 0 Å². The summed E-state index contributed by atoms with van der Waals surface area (Å²) in [6.45, 7) is 2.36. The number of hydrogen-bond donors (Lipinski definition) is 0. The third-order valence-electron chi connectivity index (χ3n) is 6.73. The Morgan fingerprint density at radius 1 is 0.903 bits per heavy atom. The van der Waals surface area contributed by atoms with Crippen LogP contribution in [0.2, 0.25) is 5.02 Å². The Kier molecular flexibility index (Phi) is 7.25. The summed E-state index contributed by atoms with van der Waals surface area (Å²) in [4.78, 5) is 0. The molecule has 0 radical (unpaired) electrons. The molecule has 0 spiro atoms. The Hall–Kier alpha value is -2.38. The van der Waals surface area contributed by atoms with E-state index in [0.29, 0.717) is 22.4 Å². The van der Waals surface area contributed by atoms with Crippen LogP contribution in [0.25, 0.3) is 12.2 Å². The molecule has 0 N–H and O–H groups in total. The van der Waals surface area contributed by atoms with Crippen LogP contribution >= 0.6 is 11.6 Å². The highest BCUT2D eigenvalue weighted by Gasteiger charge is 2.24. The average molecular weight is 433 g/mol. The first-order valence-electron chi connectivity index (χ1n) is 11.4. The van der Waals surface area contributed by atoms with Crippen molar-refractivity contribution in [3.8, 4) is 0 Å². The monoisotopic (exact) mass is 432 g/mol. The number of benzene rings is 3. The van der Waals surface area contributed by atoms with E-state index in [4.69, 9.17) is 11.6 Å². The van der Waals surface area contributed by atoms with Gasteiger partial charge in [-0.15, -0.1) is 0 Å². The molecular weight excluding hydrogens is 403 g/mol. The van der Waals surface area contributed by atoms with Gasteiger partial charge in [-0.2, -0.15) is 0 Å². The van der Waals surface area contributed by atoms with Crippen molar-refractivity contribution in [2.24, 2.45) is 5.92 Å². The molecule has 0 saturated heterocycles. The van der Waals surface area contributed by atoms with E-state index in [1.54, 1.807) is 18.2 Å². The lowest BCUT2D eigenvalue weighted by molar-refractivity contribution is 0.297. The molecule has 0 bridgehead atoms. The summed E-state index contributed by atoms with van der Waals surface area (Å²) in [5, 5.41) is 0.420. The maximum Gasteiger partial charge on any atom is 0.131 e. The largest absolute Gasteiger partial charge is 0.206 e. The topological polar surface area (TPSA) is 0 Å². The molecule has 0 amide bonds. The van der Waals surface area contributed by atoms with Crippen LogP contribution in [0.4, 0.5) is 4.39 Å². The van der Waals surface area contributed by atoms with Crippen LogP contribution in [0.15, 0.2) is 72.8 Å². The standard InChI is InChI=1S/C29H30ClF/c1-21(24-5-3-2-4-6-24)19-23-10-14-26(15-11-23)25-12-7-22(8-13-25)9-16-27-17-18-28(30)20-29(27)31/h2-9,12-13,16-18,20-21,23,26H,10-11,14-15,19H2,1H3/b16-9+. The van der Waals surface area contributed by atoms with Gasteiger partial charge in [0.05, 0.1) is 0 Å². The zero-order valence-corrected chi connectivity index (χ0v) is 18.9. The van der Waals surface area contributed by atoms with Crippen molar-refractivity contribution in [1.29, 1.82) is 0 Å². The molecule has 0 aromatic heterocycles. The van der Waals surface area contributed by atoms with Gasteiger partial charge in [0.2, 0.25) is 0 Å². The van der Waals surface area contributed by atoms with Gasteiger partial charge >= 0.3 is 0 Å². The zero-order chi connectivity index (χ0) is 21.6. The molecule has 0 nitrogen and oxygen atoms in total. The van der Waals surface area contributed by atoms with Crippen molar-refractivity contribution in [3.05, 3.63) is 106 Å². The van der Waals surface area contributed by atoms with Crippen LogP contribution in [0, 0.1) is 11.7 Å². The highest BCUT2D eigenvalue weighted by molar-refractivity contribution is 6.30. The molecule has 31 heavy (non-hydrogen) atoms. The first-order chi connectivity index (χ1) is 15.1. The molecule has 3 aromatic rings. The summed E-state index contributed by atoms with van der Waals surface area (Å²) in [5.74, 6) is 1.84. The Labute approximate surface area is 190 Å². The van der Waals surface area contributed by atoms with E-state index in [0.717, 1.165) is 11.5 Å². The normalized spacial score (nSPS) is 20.1. The lowest BCUT2D eigenvalue weighted by atomic mass is 9.75. The van der Waals surface area contributed by atoms with Gasteiger partial charge in [0.15, 0.2) is 0 Å². The molecule has 3 aromatic carbocycles. The molecule has 1 aliphatic rings. The van der Waals surface area contributed by atoms with Crippen molar-refractivity contribution < 1.29 is 4.39 Å². The first kappa shape index (κ1) is 21.8. The molecular formula is C29H30ClF. The Morgan fingerprint density at radius 2 is 1.61 bits per heavy atom. The van der Waals surface area contributed by atoms with Crippen molar-refractivity contribution in [1.82, 2.24) is 0 Å². The van der Waals surface area contributed by atoms with Gasteiger partial charge in [-0.3, -0.25) is 0 Å². The van der Waals surface area contributed by atoms with E-state index in [-0.39, 0.29) is 5.82 Å². The van der Waals surface area contributed by atoms with Crippen LogP contribution < -0.4 is 0 Å². The summed E-state index contributed by atoms with van der Waals surface area (Å²) >= 11 is 5.82. The van der Waals surface area contributed by atoms with Gasteiger partial charge in [0, 0.05) is 10.6 Å². The number of rotatable bonds is 6. The quantitative estimate of drug-likeness (QED) is 0.340. The van der Waals surface area contributed by atoms with Gasteiger partial charge in [0.1, 0.15) is 5.82 Å². The SMILES string of the molecule is CC(CC1CCC(c2ccc(/C=C/c3ccc(Cl)cc3F)cc2)CC1)c1ccccc1. The van der Waals surface area contributed by atoms with Gasteiger partial charge in [0.25, 0.3) is 0 Å². The van der Waals surface area contributed by atoms with Gasteiger partial charge < -0.3 is 0 Å². The average Bonchev–Trinajstić information content (AvgIpc) is 2.80. The lowest BCUT2D eigenvalue weighted by Gasteiger charge is -2.30. The number of halogens is 2. The van der Waals surface area contributed by atoms with E-state index in [2.05, 4.69) is 61.5 Å². The summed E-state index contributed by atoms with van der Waals surface area (Å²) < 4.78 is 13.9. The molecule has 1 saturated carbocycles. The van der Waals surface area contributed by atoms with E-state index in [9.17, 15) is 4.39 Å². The smallest absolute Gasteiger partial charge is 0.131 e. The predicted molar refractivity (Wildman–Crippen MR) is 131 cm³/mol. The summed E-state index contributed by atoms with van der Waals surface area (Å²) in [6, 6.07) is 24.4. The summed E-state index contributed by atoms with van der Waals surface area (Å²) in [7, 11) is 0. The minimum atomic E-state index is -0.293. The van der Waals surface area contributed by atoms with Gasteiger partial charge in [-0.25, -0.2) is 4.39 Å². The molecule has 1 fully saturated rings.